The van der Waals surface area contributed by atoms with E-state index in [0.717, 1.165) is 4.74 Å². The number of hydrogen-bond acceptors (Lipinski definition) is 3. The molecule has 5 nitrogen and oxygen atoms in total. The van der Waals surface area contributed by atoms with E-state index in [2.05, 4.69) is 0 Å². The number of nitro benzene ring substituents is 1. The zero-order valence-electron chi connectivity index (χ0n) is 9.51. The average molecular weight is 222 g/mol. The van der Waals surface area contributed by atoms with Crippen LogP contribution in [0, 0.1) is 15.3 Å². The molecule has 0 aliphatic carbocycles. The van der Waals surface area contributed by atoms with Gasteiger partial charge < -0.3 is 5.21 Å². The fourth-order valence-electron chi connectivity index (χ4n) is 1.08. The number of benzene rings is 1. The van der Waals surface area contributed by atoms with Gasteiger partial charge >= 0.3 is 0 Å². The van der Waals surface area contributed by atoms with Crippen LogP contribution in [0.1, 0.15) is 26.3 Å². The number of rotatable bonds is 2. The Bertz CT molecular complexity index is 433. The third kappa shape index (κ3) is 2.79. The van der Waals surface area contributed by atoms with Crippen LogP contribution in [0.5, 0.6) is 0 Å². The molecule has 0 unspecified atom stereocenters. The summed E-state index contributed by atoms with van der Waals surface area (Å²) in [6, 6.07) is 6.16. The molecule has 86 valence electrons. The Kier molecular flexibility index (Phi) is 3.27. The van der Waals surface area contributed by atoms with E-state index in [0.29, 0.717) is 5.56 Å². The normalized spacial score (nSPS) is 12.6. The zero-order valence-corrected chi connectivity index (χ0v) is 9.51. The molecule has 0 saturated heterocycles. The highest BCUT2D eigenvalue weighted by Crippen LogP contribution is 2.16. The monoisotopic (exact) mass is 222 g/mol. The highest BCUT2D eigenvalue weighted by Gasteiger charge is 2.20. The number of nitro groups is 1. The van der Waals surface area contributed by atoms with Crippen LogP contribution in [0.3, 0.4) is 0 Å². The first-order chi connectivity index (χ1) is 7.32. The van der Waals surface area contributed by atoms with Crippen molar-refractivity contribution >= 4 is 11.9 Å². The van der Waals surface area contributed by atoms with Gasteiger partial charge in [-0.2, -0.15) is 0 Å². The van der Waals surface area contributed by atoms with Gasteiger partial charge in [-0.25, -0.2) is 4.74 Å². The van der Waals surface area contributed by atoms with Crippen molar-refractivity contribution in [1.29, 1.82) is 0 Å². The third-order valence-electron chi connectivity index (χ3n) is 2.05. The minimum Gasteiger partial charge on any atom is -0.623 e. The van der Waals surface area contributed by atoms with Gasteiger partial charge in [0.2, 0.25) is 0 Å². The maximum absolute atomic E-state index is 11.6. The summed E-state index contributed by atoms with van der Waals surface area (Å²) in [6.45, 7) is 5.22. The number of para-hydroxylation sites is 1. The van der Waals surface area contributed by atoms with Crippen LogP contribution >= 0.6 is 0 Å². The van der Waals surface area contributed by atoms with Gasteiger partial charge in [0.1, 0.15) is 5.56 Å². The fourth-order valence-corrected chi connectivity index (χ4v) is 1.08. The van der Waals surface area contributed by atoms with Crippen molar-refractivity contribution in [2.75, 3.05) is 0 Å². The molecule has 1 aromatic carbocycles. The fraction of sp³-hybridized carbons (Fsp3) is 0.364. The Morgan fingerprint density at radius 3 is 2.25 bits per heavy atom. The van der Waals surface area contributed by atoms with Gasteiger partial charge in [-0.05, 0) is 6.07 Å². The molecule has 0 saturated carbocycles. The first-order valence-electron chi connectivity index (χ1n) is 4.87. The summed E-state index contributed by atoms with van der Waals surface area (Å²) in [4.78, 5) is 10.2. The standard InChI is InChI=1S/C11H14N2O3/c1-11(2,3)12(14)8-9-6-4-5-7-10(9)13(15)16/h4-8H,1-3H3/b12-8+. The molecule has 0 spiro atoms. The lowest BCUT2D eigenvalue weighted by Gasteiger charge is -2.18. The molecule has 0 heterocycles. The van der Waals surface area contributed by atoms with Crippen molar-refractivity contribution in [3.63, 3.8) is 0 Å². The van der Waals surface area contributed by atoms with Gasteiger partial charge in [-0.1, -0.05) is 12.1 Å². The van der Waals surface area contributed by atoms with Gasteiger partial charge in [0.15, 0.2) is 11.8 Å². The van der Waals surface area contributed by atoms with Crippen LogP contribution in [0.4, 0.5) is 5.69 Å². The van der Waals surface area contributed by atoms with E-state index in [-0.39, 0.29) is 5.69 Å². The van der Waals surface area contributed by atoms with Crippen molar-refractivity contribution in [1.82, 2.24) is 0 Å². The average Bonchev–Trinajstić information content (AvgIpc) is 2.16. The molecule has 0 bridgehead atoms. The number of nitrogens with zero attached hydrogens (tertiary/aromatic N) is 2. The zero-order chi connectivity index (χ0) is 12.3. The molecule has 0 radical (unpaired) electrons. The van der Waals surface area contributed by atoms with Crippen LogP contribution in [-0.4, -0.2) is 21.4 Å². The summed E-state index contributed by atoms with van der Waals surface area (Å²) in [5.74, 6) is 0. The molecule has 0 N–H and O–H groups in total. The molecule has 5 heteroatoms. The maximum atomic E-state index is 11.6. The molecular weight excluding hydrogens is 208 g/mol. The molecule has 0 aliphatic rings. The molecule has 0 atom stereocenters. The van der Waals surface area contributed by atoms with E-state index in [1.807, 2.05) is 0 Å². The first-order valence-corrected chi connectivity index (χ1v) is 4.87. The SMILES string of the molecule is CC(C)(C)/[N+]([O-])=C\c1ccccc1[N+](=O)[O-]. The van der Waals surface area contributed by atoms with Crippen LogP contribution in [0.2, 0.25) is 0 Å². The van der Waals surface area contributed by atoms with Crippen LogP contribution in [0.25, 0.3) is 0 Å². The van der Waals surface area contributed by atoms with Crippen LogP contribution in [0.15, 0.2) is 24.3 Å². The third-order valence-corrected chi connectivity index (χ3v) is 2.05. The predicted octanol–water partition coefficient (Wildman–Crippen LogP) is 2.32. The Hall–Kier alpha value is -1.91. The van der Waals surface area contributed by atoms with E-state index in [4.69, 9.17) is 0 Å². The van der Waals surface area contributed by atoms with Gasteiger partial charge in [0.05, 0.1) is 4.92 Å². The Labute approximate surface area is 93.8 Å². The molecule has 1 aromatic rings. The number of hydrogen-bond donors (Lipinski definition) is 0. The summed E-state index contributed by atoms with van der Waals surface area (Å²) in [6.07, 6.45) is 1.25. The Morgan fingerprint density at radius 1 is 1.19 bits per heavy atom. The van der Waals surface area contributed by atoms with Gasteiger partial charge in [0, 0.05) is 26.8 Å². The first kappa shape index (κ1) is 12.2. The molecule has 16 heavy (non-hydrogen) atoms. The van der Waals surface area contributed by atoms with Gasteiger partial charge in [-0.3, -0.25) is 10.1 Å². The van der Waals surface area contributed by atoms with E-state index in [1.165, 1.54) is 12.3 Å². The molecular formula is C11H14N2O3. The lowest BCUT2D eigenvalue weighted by Crippen LogP contribution is -2.29. The maximum Gasteiger partial charge on any atom is 0.282 e. The minimum absolute atomic E-state index is 0.0624. The van der Waals surface area contributed by atoms with Crippen LogP contribution in [-0.2, 0) is 0 Å². The van der Waals surface area contributed by atoms with Crippen molar-refractivity contribution in [2.24, 2.45) is 0 Å². The van der Waals surface area contributed by atoms with Crippen molar-refractivity contribution in [2.45, 2.75) is 26.3 Å². The molecule has 1 rings (SSSR count). The summed E-state index contributed by atoms with van der Waals surface area (Å²) < 4.78 is 0.718. The van der Waals surface area contributed by atoms with E-state index in [9.17, 15) is 15.3 Å². The van der Waals surface area contributed by atoms with E-state index < -0.39 is 10.5 Å². The molecule has 0 fully saturated rings. The largest absolute Gasteiger partial charge is 0.623 e. The molecule has 0 amide bonds. The van der Waals surface area contributed by atoms with Crippen molar-refractivity contribution in [3.8, 4) is 0 Å². The van der Waals surface area contributed by atoms with Gasteiger partial charge in [0.25, 0.3) is 5.69 Å². The van der Waals surface area contributed by atoms with Crippen molar-refractivity contribution < 1.29 is 9.66 Å². The second-order valence-corrected chi connectivity index (χ2v) is 4.44. The highest BCUT2D eigenvalue weighted by molar-refractivity contribution is 5.82. The molecule has 0 aliphatic heterocycles. The second kappa shape index (κ2) is 4.30. The summed E-state index contributed by atoms with van der Waals surface area (Å²) in [5, 5.41) is 22.4. The second-order valence-electron chi connectivity index (χ2n) is 4.44. The summed E-state index contributed by atoms with van der Waals surface area (Å²) in [5.41, 5.74) is -0.353. The molecule has 0 aromatic heterocycles. The quantitative estimate of drug-likeness (QED) is 0.253. The minimum atomic E-state index is -0.607. The number of hydroxylamine groups is 1. The van der Waals surface area contributed by atoms with Crippen LogP contribution < -0.4 is 0 Å². The Morgan fingerprint density at radius 2 is 1.75 bits per heavy atom. The van der Waals surface area contributed by atoms with Crippen molar-refractivity contribution in [3.05, 3.63) is 45.2 Å². The smallest absolute Gasteiger partial charge is 0.282 e. The van der Waals surface area contributed by atoms with E-state index in [1.54, 1.807) is 39.0 Å². The predicted molar refractivity (Wildman–Crippen MR) is 61.6 cm³/mol. The topological polar surface area (TPSA) is 69.2 Å². The van der Waals surface area contributed by atoms with Gasteiger partial charge in [-0.15, -0.1) is 0 Å². The summed E-state index contributed by atoms with van der Waals surface area (Å²) >= 11 is 0. The Balaban J connectivity index is 3.20. The van der Waals surface area contributed by atoms with E-state index >= 15 is 0 Å². The lowest BCUT2D eigenvalue weighted by atomic mass is 10.1. The highest BCUT2D eigenvalue weighted by atomic mass is 16.6. The lowest BCUT2D eigenvalue weighted by molar-refractivity contribution is -0.530. The summed E-state index contributed by atoms with van der Waals surface area (Å²) in [7, 11) is 0.